The molecule has 0 bridgehead atoms. The summed E-state index contributed by atoms with van der Waals surface area (Å²) in [5, 5.41) is 8.16. The van der Waals surface area contributed by atoms with Crippen LogP contribution in [-0.2, 0) is 16.1 Å². The Hall–Kier alpha value is -3.26. The first kappa shape index (κ1) is 20.1. The number of benzene rings is 2. The fraction of sp³-hybridized carbons (Fsp3) is 0.263. The lowest BCUT2D eigenvalue weighted by atomic mass is 10.2. The highest BCUT2D eigenvalue weighted by molar-refractivity contribution is 5.94. The van der Waals surface area contributed by atoms with Gasteiger partial charge in [-0.05, 0) is 35.9 Å². The van der Waals surface area contributed by atoms with Crippen LogP contribution in [0.2, 0.25) is 0 Å². The van der Waals surface area contributed by atoms with Crippen LogP contribution in [0.5, 0.6) is 11.5 Å². The summed E-state index contributed by atoms with van der Waals surface area (Å²) in [5.41, 5.74) is 1.94. The molecule has 0 saturated heterocycles. The summed E-state index contributed by atoms with van der Waals surface area (Å²) in [7, 11) is 4.58. The number of methoxy groups -OCH3 is 3. The Morgan fingerprint density at radius 1 is 0.889 bits per heavy atom. The normalized spacial score (nSPS) is 10.0. The monoisotopic (exact) mass is 373 g/mol. The zero-order chi connectivity index (χ0) is 19.6. The summed E-state index contributed by atoms with van der Waals surface area (Å²) in [6.07, 6.45) is 0. The van der Waals surface area contributed by atoms with Crippen molar-refractivity contribution in [3.63, 3.8) is 0 Å². The van der Waals surface area contributed by atoms with E-state index in [4.69, 9.17) is 14.2 Å². The molecular weight excluding hydrogens is 350 g/mol. The van der Waals surface area contributed by atoms with Crippen LogP contribution in [0.25, 0.3) is 0 Å². The van der Waals surface area contributed by atoms with Gasteiger partial charge in [0.05, 0.1) is 14.2 Å². The van der Waals surface area contributed by atoms with Crippen molar-refractivity contribution in [2.24, 2.45) is 0 Å². The fourth-order valence-corrected chi connectivity index (χ4v) is 2.33. The number of nitrogens with one attached hydrogen (secondary N) is 3. The molecule has 2 aromatic rings. The zero-order valence-corrected chi connectivity index (χ0v) is 15.5. The molecule has 0 aromatic heterocycles. The van der Waals surface area contributed by atoms with E-state index in [-0.39, 0.29) is 18.5 Å². The number of rotatable bonds is 8. The van der Waals surface area contributed by atoms with Gasteiger partial charge in [0.25, 0.3) is 0 Å². The van der Waals surface area contributed by atoms with Gasteiger partial charge in [0.15, 0.2) is 0 Å². The minimum Gasteiger partial charge on any atom is -0.497 e. The molecule has 0 aliphatic heterocycles. The molecule has 8 heteroatoms. The molecule has 0 radical (unpaired) electrons. The molecular formula is C19H23N3O5. The summed E-state index contributed by atoms with van der Waals surface area (Å²) >= 11 is 0. The smallest absolute Gasteiger partial charge is 0.319 e. The first-order valence-corrected chi connectivity index (χ1v) is 8.19. The highest BCUT2D eigenvalue weighted by atomic mass is 16.5. The van der Waals surface area contributed by atoms with E-state index in [1.54, 1.807) is 44.6 Å². The summed E-state index contributed by atoms with van der Waals surface area (Å²) in [4.78, 5) is 23.7. The number of carbonyl (C=O) groups is 2. The van der Waals surface area contributed by atoms with Crippen molar-refractivity contribution in [2.75, 3.05) is 38.6 Å². The van der Waals surface area contributed by atoms with E-state index in [9.17, 15) is 9.59 Å². The highest BCUT2D eigenvalue weighted by Gasteiger charge is 2.07. The Kier molecular flexibility index (Phi) is 7.45. The van der Waals surface area contributed by atoms with Crippen LogP contribution in [-0.4, -0.2) is 39.9 Å². The molecule has 0 atom stereocenters. The predicted molar refractivity (Wildman–Crippen MR) is 102 cm³/mol. The van der Waals surface area contributed by atoms with Crippen molar-refractivity contribution >= 4 is 23.3 Å². The van der Waals surface area contributed by atoms with Gasteiger partial charge in [0.1, 0.15) is 18.1 Å². The van der Waals surface area contributed by atoms with Crippen LogP contribution in [0.3, 0.4) is 0 Å². The van der Waals surface area contributed by atoms with E-state index in [0.717, 1.165) is 5.56 Å². The topological polar surface area (TPSA) is 97.9 Å². The Bertz CT molecular complexity index is 772. The molecule has 2 aromatic carbocycles. The fourth-order valence-electron chi connectivity index (χ4n) is 2.33. The van der Waals surface area contributed by atoms with Gasteiger partial charge in [0.2, 0.25) is 5.91 Å². The van der Waals surface area contributed by atoms with Gasteiger partial charge in [-0.3, -0.25) is 4.79 Å². The number of hydrogen-bond acceptors (Lipinski definition) is 5. The lowest BCUT2D eigenvalue weighted by Crippen LogP contribution is -2.28. The van der Waals surface area contributed by atoms with Gasteiger partial charge in [-0.1, -0.05) is 6.07 Å². The molecule has 0 saturated carbocycles. The first-order chi connectivity index (χ1) is 13.0. The molecule has 0 spiro atoms. The Morgan fingerprint density at radius 3 is 2.11 bits per heavy atom. The molecule has 8 nitrogen and oxygen atoms in total. The molecule has 27 heavy (non-hydrogen) atoms. The molecule has 2 rings (SSSR count). The lowest BCUT2D eigenvalue weighted by molar-refractivity contribution is -0.119. The van der Waals surface area contributed by atoms with Gasteiger partial charge in [-0.15, -0.1) is 0 Å². The molecule has 3 amide bonds. The van der Waals surface area contributed by atoms with Gasteiger partial charge >= 0.3 is 6.03 Å². The standard InChI is InChI=1S/C19H23N3O5/c1-25-12-18(23)21-14-5-4-6-15(9-14)22-19(24)20-11-13-7-16(26-2)10-17(8-13)27-3/h4-10H,11-12H2,1-3H3,(H,21,23)(H2,20,22,24). The average Bonchev–Trinajstić information content (AvgIpc) is 2.66. The maximum Gasteiger partial charge on any atom is 0.319 e. The van der Waals surface area contributed by atoms with Gasteiger partial charge in [-0.2, -0.15) is 0 Å². The van der Waals surface area contributed by atoms with Crippen LogP contribution in [0.1, 0.15) is 5.56 Å². The van der Waals surface area contributed by atoms with Crippen molar-refractivity contribution in [2.45, 2.75) is 6.54 Å². The summed E-state index contributed by atoms with van der Waals surface area (Å²) in [6, 6.07) is 11.8. The third-order valence-electron chi connectivity index (χ3n) is 3.54. The SMILES string of the molecule is COCC(=O)Nc1cccc(NC(=O)NCc2cc(OC)cc(OC)c2)c1. The summed E-state index contributed by atoms with van der Waals surface area (Å²) in [6.45, 7) is 0.256. The first-order valence-electron chi connectivity index (χ1n) is 8.19. The second-order valence-electron chi connectivity index (χ2n) is 5.59. The lowest BCUT2D eigenvalue weighted by Gasteiger charge is -2.11. The molecule has 0 fully saturated rings. The molecule has 0 unspecified atom stereocenters. The van der Waals surface area contributed by atoms with E-state index in [2.05, 4.69) is 16.0 Å². The molecule has 0 heterocycles. The van der Waals surface area contributed by atoms with Crippen molar-refractivity contribution in [1.29, 1.82) is 0 Å². The van der Waals surface area contributed by atoms with Crippen molar-refractivity contribution < 1.29 is 23.8 Å². The Morgan fingerprint density at radius 2 is 1.52 bits per heavy atom. The van der Waals surface area contributed by atoms with Crippen LogP contribution >= 0.6 is 0 Å². The van der Waals surface area contributed by atoms with Crippen molar-refractivity contribution in [3.05, 3.63) is 48.0 Å². The van der Waals surface area contributed by atoms with Crippen LogP contribution in [0, 0.1) is 0 Å². The van der Waals surface area contributed by atoms with E-state index >= 15 is 0 Å². The number of amides is 3. The third-order valence-corrected chi connectivity index (χ3v) is 3.54. The number of carbonyl (C=O) groups excluding carboxylic acids is 2. The van der Waals surface area contributed by atoms with E-state index in [0.29, 0.717) is 29.4 Å². The second kappa shape index (κ2) is 10.0. The van der Waals surface area contributed by atoms with Crippen molar-refractivity contribution in [1.82, 2.24) is 5.32 Å². The highest BCUT2D eigenvalue weighted by Crippen LogP contribution is 2.22. The molecule has 0 aliphatic carbocycles. The average molecular weight is 373 g/mol. The minimum absolute atomic E-state index is 0.0395. The van der Waals surface area contributed by atoms with E-state index in [1.165, 1.54) is 7.11 Å². The minimum atomic E-state index is -0.378. The molecule has 3 N–H and O–H groups in total. The number of urea groups is 1. The second-order valence-corrected chi connectivity index (χ2v) is 5.59. The number of ether oxygens (including phenoxy) is 3. The maximum absolute atomic E-state index is 12.1. The largest absolute Gasteiger partial charge is 0.497 e. The van der Waals surface area contributed by atoms with Gasteiger partial charge in [0, 0.05) is 31.1 Å². The third kappa shape index (κ3) is 6.52. The quantitative estimate of drug-likeness (QED) is 0.661. The van der Waals surface area contributed by atoms with E-state index < -0.39 is 0 Å². The van der Waals surface area contributed by atoms with Crippen LogP contribution in [0.4, 0.5) is 16.2 Å². The summed E-state index contributed by atoms with van der Waals surface area (Å²) < 4.78 is 15.2. The van der Waals surface area contributed by atoms with Crippen molar-refractivity contribution in [3.8, 4) is 11.5 Å². The molecule has 144 valence electrons. The van der Waals surface area contributed by atoms with Crippen LogP contribution in [0.15, 0.2) is 42.5 Å². The predicted octanol–water partition coefficient (Wildman–Crippen LogP) is 2.61. The van der Waals surface area contributed by atoms with E-state index in [1.807, 2.05) is 12.1 Å². The number of anilines is 2. The zero-order valence-electron chi connectivity index (χ0n) is 15.5. The Labute approximate surface area is 157 Å². The van der Waals surface area contributed by atoms with Gasteiger partial charge in [-0.25, -0.2) is 4.79 Å². The van der Waals surface area contributed by atoms with Crippen LogP contribution < -0.4 is 25.4 Å². The summed E-state index contributed by atoms with van der Waals surface area (Å²) in [5.74, 6) is 1.02. The maximum atomic E-state index is 12.1. The van der Waals surface area contributed by atoms with Gasteiger partial charge < -0.3 is 30.2 Å². The Balaban J connectivity index is 1.93. The number of hydrogen-bond donors (Lipinski definition) is 3. The molecule has 0 aliphatic rings.